The molecule has 228 valence electrons. The van der Waals surface area contributed by atoms with Gasteiger partial charge in [0.15, 0.2) is 0 Å². The van der Waals surface area contributed by atoms with Crippen molar-refractivity contribution in [2.24, 2.45) is 5.92 Å². The smallest absolute Gasteiger partial charge is 0.334 e. The fourth-order valence-corrected chi connectivity index (χ4v) is 9.22. The van der Waals surface area contributed by atoms with Crippen molar-refractivity contribution in [3.05, 3.63) is 113 Å². The molecule has 0 N–H and O–H groups in total. The number of carbonyl (C=O) groups excluding carboxylic acids is 1. The van der Waals surface area contributed by atoms with Crippen molar-refractivity contribution in [3.63, 3.8) is 0 Å². The van der Waals surface area contributed by atoms with E-state index in [-0.39, 0.29) is 35.5 Å². The van der Waals surface area contributed by atoms with E-state index in [4.69, 9.17) is 9.47 Å². The summed E-state index contributed by atoms with van der Waals surface area (Å²) in [6.07, 6.45) is 2.89. The standard InChI is InChI=1S/C36H38N2O5S/c1-5-26-28(36(39)42-6-2)21-30(37-34-32(43-35(26)37)20-24-14-12-17-27(22(3)4)33(24)34)31-19-23-13-10-11-18-29(23)38(31)44(40,41)25-15-8-7-9-16-25/h7-19,21-22,26,30,32,34-35H,5-6,20H2,1-4H3/t26-,30+,32+,34+,35+/m0/s1. The van der Waals surface area contributed by atoms with Gasteiger partial charge in [-0.05, 0) is 60.2 Å². The third-order valence-electron chi connectivity index (χ3n) is 9.48. The first kappa shape index (κ1) is 29.0. The van der Waals surface area contributed by atoms with E-state index in [1.54, 1.807) is 31.2 Å². The van der Waals surface area contributed by atoms with Crippen LogP contribution >= 0.6 is 0 Å². The largest absolute Gasteiger partial charge is 0.463 e. The van der Waals surface area contributed by atoms with E-state index >= 15 is 0 Å². The van der Waals surface area contributed by atoms with Gasteiger partial charge in [0, 0.05) is 23.3 Å². The average molecular weight is 611 g/mol. The van der Waals surface area contributed by atoms with Gasteiger partial charge in [-0.3, -0.25) is 4.90 Å². The predicted octanol–water partition coefficient (Wildman–Crippen LogP) is 6.90. The second-order valence-corrected chi connectivity index (χ2v) is 14.0. The average Bonchev–Trinajstić information content (AvgIpc) is 3.70. The van der Waals surface area contributed by atoms with Gasteiger partial charge in [0.1, 0.15) is 6.23 Å². The van der Waals surface area contributed by atoms with Gasteiger partial charge in [0.25, 0.3) is 10.0 Å². The number of rotatable bonds is 7. The van der Waals surface area contributed by atoms with E-state index in [0.29, 0.717) is 29.1 Å². The van der Waals surface area contributed by atoms with E-state index in [2.05, 4.69) is 43.9 Å². The van der Waals surface area contributed by atoms with Crippen LogP contribution in [0, 0.1) is 5.92 Å². The lowest BCUT2D eigenvalue weighted by molar-refractivity contribution is -0.141. The molecule has 0 radical (unpaired) electrons. The van der Waals surface area contributed by atoms with Crippen molar-refractivity contribution in [2.75, 3.05) is 6.61 Å². The van der Waals surface area contributed by atoms with Crippen molar-refractivity contribution in [2.45, 2.75) is 75.8 Å². The molecule has 0 bridgehead atoms. The maximum absolute atomic E-state index is 14.5. The summed E-state index contributed by atoms with van der Waals surface area (Å²) in [5, 5.41) is 0.814. The van der Waals surface area contributed by atoms with Gasteiger partial charge >= 0.3 is 5.97 Å². The molecule has 3 aliphatic rings. The summed E-state index contributed by atoms with van der Waals surface area (Å²) in [6, 6.07) is 23.9. The summed E-state index contributed by atoms with van der Waals surface area (Å²) >= 11 is 0. The van der Waals surface area contributed by atoms with E-state index in [1.807, 2.05) is 42.5 Å². The number of fused-ring (bicyclic) bond motifs is 6. The fraction of sp³-hybridized carbons (Fsp3) is 0.361. The van der Waals surface area contributed by atoms with Gasteiger partial charge in [-0.1, -0.05) is 81.4 Å². The van der Waals surface area contributed by atoms with Crippen LogP contribution in [0.5, 0.6) is 0 Å². The monoisotopic (exact) mass is 610 g/mol. The van der Waals surface area contributed by atoms with Crippen LogP contribution in [0.4, 0.5) is 0 Å². The zero-order valence-electron chi connectivity index (χ0n) is 25.5. The molecule has 0 saturated carbocycles. The summed E-state index contributed by atoms with van der Waals surface area (Å²) in [5.74, 6) is -0.279. The topological polar surface area (TPSA) is 77.8 Å². The highest BCUT2D eigenvalue weighted by Crippen LogP contribution is 2.55. The minimum Gasteiger partial charge on any atom is -0.463 e. The molecule has 0 spiro atoms. The number of nitrogens with zero attached hydrogens (tertiary/aromatic N) is 2. The lowest BCUT2D eigenvalue weighted by Gasteiger charge is -2.42. The molecule has 0 amide bonds. The summed E-state index contributed by atoms with van der Waals surface area (Å²) in [4.78, 5) is 16.1. The van der Waals surface area contributed by atoms with Crippen molar-refractivity contribution in [3.8, 4) is 0 Å². The first-order valence-electron chi connectivity index (χ1n) is 15.6. The van der Waals surface area contributed by atoms with Crippen LogP contribution in [-0.4, -0.2) is 42.2 Å². The zero-order valence-corrected chi connectivity index (χ0v) is 26.3. The Kier molecular flexibility index (Phi) is 7.27. The molecular weight excluding hydrogens is 572 g/mol. The van der Waals surface area contributed by atoms with Gasteiger partial charge < -0.3 is 9.47 Å². The molecular formula is C36H38N2O5S. The van der Waals surface area contributed by atoms with Crippen LogP contribution in [0.1, 0.15) is 74.5 Å². The number of esters is 1. The lowest BCUT2D eigenvalue weighted by Crippen LogP contribution is -2.46. The molecule has 44 heavy (non-hydrogen) atoms. The number of hydrogen-bond donors (Lipinski definition) is 0. The Balaban J connectivity index is 1.50. The summed E-state index contributed by atoms with van der Waals surface area (Å²) in [5.41, 5.74) is 5.55. The van der Waals surface area contributed by atoms with Gasteiger partial charge in [-0.25, -0.2) is 17.2 Å². The molecule has 8 heteroatoms. The molecule has 2 aliphatic heterocycles. The van der Waals surface area contributed by atoms with Gasteiger partial charge in [-0.15, -0.1) is 0 Å². The normalized spacial score (nSPS) is 24.7. The molecule has 7 nitrogen and oxygen atoms in total. The fourth-order valence-electron chi connectivity index (χ4n) is 7.64. The summed E-state index contributed by atoms with van der Waals surface area (Å²) in [7, 11) is -4.00. The highest BCUT2D eigenvalue weighted by atomic mass is 32.2. The second kappa shape index (κ2) is 11.0. The first-order valence-corrected chi connectivity index (χ1v) is 17.0. The molecule has 1 aromatic heterocycles. The molecule has 1 saturated heterocycles. The highest BCUT2D eigenvalue weighted by Gasteiger charge is 2.56. The SMILES string of the molecule is CCOC(=O)C1=C[C@H](c2cc3ccccc3n2S(=O)(=O)c2ccccc2)N2[C@H](O[C@@H]3Cc4cccc(C(C)C)c4[C@@H]32)[C@H]1CC. The van der Waals surface area contributed by atoms with Crippen LogP contribution in [-0.2, 0) is 30.7 Å². The molecule has 0 unspecified atom stereocenters. The lowest BCUT2D eigenvalue weighted by atomic mass is 9.84. The number of ether oxygens (including phenoxy) is 2. The van der Waals surface area contributed by atoms with Gasteiger partial charge in [-0.2, -0.15) is 0 Å². The molecule has 1 aliphatic carbocycles. The van der Waals surface area contributed by atoms with Crippen molar-refractivity contribution in [1.29, 1.82) is 0 Å². The third kappa shape index (κ3) is 4.37. The van der Waals surface area contributed by atoms with E-state index in [9.17, 15) is 13.2 Å². The number of benzene rings is 3. The minimum absolute atomic E-state index is 0.0847. The molecule has 3 aromatic carbocycles. The Morgan fingerprint density at radius 3 is 2.48 bits per heavy atom. The van der Waals surface area contributed by atoms with Crippen LogP contribution in [0.15, 0.2) is 95.4 Å². The zero-order chi connectivity index (χ0) is 30.7. The quantitative estimate of drug-likeness (QED) is 0.212. The number of hydrogen-bond acceptors (Lipinski definition) is 6. The van der Waals surface area contributed by atoms with E-state index in [0.717, 1.165) is 11.8 Å². The second-order valence-electron chi connectivity index (χ2n) is 12.2. The third-order valence-corrected chi connectivity index (χ3v) is 11.2. The van der Waals surface area contributed by atoms with E-state index in [1.165, 1.54) is 20.7 Å². The Hall–Kier alpha value is -3.72. The van der Waals surface area contributed by atoms with Crippen LogP contribution < -0.4 is 0 Å². The Morgan fingerprint density at radius 2 is 1.75 bits per heavy atom. The maximum Gasteiger partial charge on any atom is 0.334 e. The Morgan fingerprint density at radius 1 is 1.00 bits per heavy atom. The van der Waals surface area contributed by atoms with Gasteiger partial charge in [0.2, 0.25) is 0 Å². The molecule has 1 fully saturated rings. The van der Waals surface area contributed by atoms with Crippen LogP contribution in [0.25, 0.3) is 10.9 Å². The Labute approximate surface area is 259 Å². The molecule has 7 rings (SSSR count). The molecule has 4 aromatic rings. The summed E-state index contributed by atoms with van der Waals surface area (Å²) < 4.78 is 42.9. The number of aromatic nitrogens is 1. The molecule has 5 atom stereocenters. The Bertz CT molecular complexity index is 1880. The first-order chi connectivity index (χ1) is 21.3. The number of carbonyl (C=O) groups is 1. The molecule has 3 heterocycles. The van der Waals surface area contributed by atoms with Crippen molar-refractivity contribution >= 4 is 26.9 Å². The van der Waals surface area contributed by atoms with Gasteiger partial charge in [0.05, 0.1) is 40.9 Å². The van der Waals surface area contributed by atoms with Crippen LogP contribution in [0.2, 0.25) is 0 Å². The summed E-state index contributed by atoms with van der Waals surface area (Å²) in [6.45, 7) is 8.55. The predicted molar refractivity (Wildman–Crippen MR) is 170 cm³/mol. The van der Waals surface area contributed by atoms with E-state index < -0.39 is 22.3 Å². The van der Waals surface area contributed by atoms with Crippen molar-refractivity contribution < 1.29 is 22.7 Å². The number of para-hydroxylation sites is 1. The van der Waals surface area contributed by atoms with Crippen molar-refractivity contribution in [1.82, 2.24) is 8.87 Å². The van der Waals surface area contributed by atoms with Crippen LogP contribution in [0.3, 0.4) is 0 Å². The minimum atomic E-state index is -4.00. The maximum atomic E-state index is 14.5. The highest BCUT2D eigenvalue weighted by molar-refractivity contribution is 7.90.